The molecule has 0 spiro atoms. The lowest BCUT2D eigenvalue weighted by Gasteiger charge is -2.34. The number of aromatic amines is 1. The molecule has 0 bridgehead atoms. The summed E-state index contributed by atoms with van der Waals surface area (Å²) in [6.07, 6.45) is -2.91. The zero-order valence-electron chi connectivity index (χ0n) is 18.4. The van der Waals surface area contributed by atoms with Gasteiger partial charge in [0, 0.05) is 45.5 Å². The average molecular weight is 467 g/mol. The van der Waals surface area contributed by atoms with E-state index in [1.54, 1.807) is 18.3 Å². The van der Waals surface area contributed by atoms with Crippen molar-refractivity contribution in [1.29, 1.82) is 0 Å². The van der Waals surface area contributed by atoms with Crippen molar-refractivity contribution in [3.8, 4) is 17.3 Å². The number of nitrogens with zero attached hydrogens (tertiary/aromatic N) is 4. The van der Waals surface area contributed by atoms with Crippen molar-refractivity contribution in [2.24, 2.45) is 0 Å². The van der Waals surface area contributed by atoms with Crippen molar-refractivity contribution in [2.45, 2.75) is 19.5 Å². The van der Waals surface area contributed by atoms with Crippen molar-refractivity contribution in [2.75, 3.05) is 26.2 Å². The minimum absolute atomic E-state index is 0.192. The number of hydrogen-bond acceptors (Lipinski definition) is 5. The van der Waals surface area contributed by atoms with Crippen LogP contribution in [-0.2, 0) is 13.1 Å². The lowest BCUT2D eigenvalue weighted by Crippen LogP contribution is -2.45. The quantitative estimate of drug-likeness (QED) is 0.440. The van der Waals surface area contributed by atoms with Crippen LogP contribution in [0.1, 0.15) is 11.1 Å². The third-order valence-electron chi connectivity index (χ3n) is 5.89. The minimum atomic E-state index is -4.67. The van der Waals surface area contributed by atoms with E-state index in [2.05, 4.69) is 42.7 Å². The maximum absolute atomic E-state index is 12.3. The van der Waals surface area contributed by atoms with Gasteiger partial charge in [0.15, 0.2) is 5.82 Å². The normalized spacial score (nSPS) is 15.6. The Morgan fingerprint density at radius 2 is 1.53 bits per heavy atom. The second kappa shape index (κ2) is 9.44. The van der Waals surface area contributed by atoms with E-state index < -0.39 is 6.36 Å². The molecule has 0 aliphatic carbocycles. The molecule has 1 fully saturated rings. The third-order valence-corrected chi connectivity index (χ3v) is 5.89. The van der Waals surface area contributed by atoms with Gasteiger partial charge in [-0.2, -0.15) is 0 Å². The smallest absolute Gasteiger partial charge is 0.406 e. The summed E-state index contributed by atoms with van der Waals surface area (Å²) in [7, 11) is 0. The molecule has 0 radical (unpaired) electrons. The van der Waals surface area contributed by atoms with Crippen molar-refractivity contribution < 1.29 is 17.9 Å². The van der Waals surface area contributed by atoms with E-state index in [1.165, 1.54) is 17.7 Å². The van der Waals surface area contributed by atoms with Gasteiger partial charge in [0.05, 0.1) is 11.0 Å². The van der Waals surface area contributed by atoms with Gasteiger partial charge in [-0.3, -0.25) is 14.8 Å². The maximum Gasteiger partial charge on any atom is 0.573 e. The largest absolute Gasteiger partial charge is 0.573 e. The molecule has 4 aromatic rings. The average Bonchev–Trinajstić information content (AvgIpc) is 3.25. The van der Waals surface area contributed by atoms with Gasteiger partial charge < -0.3 is 9.72 Å². The van der Waals surface area contributed by atoms with Crippen molar-refractivity contribution >= 4 is 11.0 Å². The summed E-state index contributed by atoms with van der Waals surface area (Å²) in [6, 6.07) is 18.2. The first-order chi connectivity index (χ1) is 16.4. The first-order valence-corrected chi connectivity index (χ1v) is 11.1. The van der Waals surface area contributed by atoms with Gasteiger partial charge in [0.1, 0.15) is 11.4 Å². The Kier molecular flexibility index (Phi) is 6.21. The van der Waals surface area contributed by atoms with Crippen LogP contribution < -0.4 is 4.74 Å². The second-order valence-electron chi connectivity index (χ2n) is 8.40. The number of halogens is 3. The van der Waals surface area contributed by atoms with Crippen molar-refractivity contribution in [3.05, 3.63) is 78.0 Å². The van der Waals surface area contributed by atoms with E-state index in [1.807, 2.05) is 18.2 Å². The SMILES string of the molecule is FC(F)(F)Oc1ccc(CN2CCN(Cc3ccc4[nH]c(-c5ccccn5)nc4c3)CC2)cc1. The maximum atomic E-state index is 12.3. The van der Waals surface area contributed by atoms with Gasteiger partial charge >= 0.3 is 6.36 Å². The first kappa shape index (κ1) is 22.4. The van der Waals surface area contributed by atoms with E-state index in [0.29, 0.717) is 6.54 Å². The van der Waals surface area contributed by atoms with Crippen molar-refractivity contribution in [1.82, 2.24) is 24.8 Å². The number of alkyl halides is 3. The molecule has 1 aliphatic heterocycles. The Morgan fingerprint density at radius 1 is 0.853 bits per heavy atom. The molecular formula is C25H24F3N5O. The summed E-state index contributed by atoms with van der Waals surface area (Å²) in [4.78, 5) is 17.1. The number of nitrogens with one attached hydrogen (secondary N) is 1. The Morgan fingerprint density at radius 3 is 2.18 bits per heavy atom. The summed E-state index contributed by atoms with van der Waals surface area (Å²) >= 11 is 0. The Labute approximate surface area is 195 Å². The number of fused-ring (bicyclic) bond motifs is 1. The number of piperazine rings is 1. The van der Waals surface area contributed by atoms with Crippen LogP contribution in [0.15, 0.2) is 66.9 Å². The van der Waals surface area contributed by atoms with Gasteiger partial charge in [0.25, 0.3) is 0 Å². The molecule has 5 rings (SSSR count). The fourth-order valence-corrected chi connectivity index (χ4v) is 4.19. The highest BCUT2D eigenvalue weighted by Gasteiger charge is 2.31. The standard InChI is InChI=1S/C25H24F3N5O/c26-25(27,28)34-20-7-4-18(5-8-20)16-32-11-13-33(14-12-32)17-19-6-9-21-23(15-19)31-24(30-21)22-3-1-2-10-29-22/h1-10,15H,11-14,16-17H2,(H,30,31). The number of rotatable bonds is 6. The minimum Gasteiger partial charge on any atom is -0.406 e. The summed E-state index contributed by atoms with van der Waals surface area (Å²) in [5.41, 5.74) is 4.91. The Bertz CT molecular complexity index is 1230. The molecule has 1 N–H and O–H groups in total. The molecule has 2 aromatic heterocycles. The van der Waals surface area contributed by atoms with Gasteiger partial charge in [-0.25, -0.2) is 4.98 Å². The zero-order chi connectivity index (χ0) is 23.5. The molecule has 6 nitrogen and oxygen atoms in total. The molecule has 2 aromatic carbocycles. The van der Waals surface area contributed by atoms with Crippen LogP contribution in [0.3, 0.4) is 0 Å². The summed E-state index contributed by atoms with van der Waals surface area (Å²) in [6.45, 7) is 5.19. The highest BCUT2D eigenvalue weighted by molar-refractivity contribution is 5.79. The molecule has 34 heavy (non-hydrogen) atoms. The second-order valence-corrected chi connectivity index (χ2v) is 8.40. The van der Waals surface area contributed by atoms with Crippen LogP contribution in [0.2, 0.25) is 0 Å². The van der Waals surface area contributed by atoms with Crippen LogP contribution in [0.25, 0.3) is 22.6 Å². The third kappa shape index (κ3) is 5.55. The van der Waals surface area contributed by atoms with E-state index >= 15 is 0 Å². The Balaban J connectivity index is 1.15. The molecule has 0 unspecified atom stereocenters. The zero-order valence-corrected chi connectivity index (χ0v) is 18.4. The molecule has 1 saturated heterocycles. The van der Waals surface area contributed by atoms with Crippen LogP contribution in [-0.4, -0.2) is 57.3 Å². The highest BCUT2D eigenvalue weighted by atomic mass is 19.4. The number of aromatic nitrogens is 3. The lowest BCUT2D eigenvalue weighted by molar-refractivity contribution is -0.274. The van der Waals surface area contributed by atoms with E-state index in [4.69, 9.17) is 4.98 Å². The topological polar surface area (TPSA) is 57.3 Å². The molecule has 9 heteroatoms. The number of imidazole rings is 1. The molecular weight excluding hydrogens is 443 g/mol. The molecule has 176 valence electrons. The predicted molar refractivity (Wildman–Crippen MR) is 123 cm³/mol. The molecule has 0 saturated carbocycles. The fraction of sp³-hybridized carbons (Fsp3) is 0.280. The van der Waals surface area contributed by atoms with Crippen LogP contribution in [0.5, 0.6) is 5.75 Å². The van der Waals surface area contributed by atoms with E-state index in [-0.39, 0.29) is 5.75 Å². The summed E-state index contributed by atoms with van der Waals surface area (Å²) in [5.74, 6) is 0.571. The summed E-state index contributed by atoms with van der Waals surface area (Å²) in [5, 5.41) is 0. The van der Waals surface area contributed by atoms with Crippen LogP contribution in [0.4, 0.5) is 13.2 Å². The number of H-pyrrole nitrogens is 1. The van der Waals surface area contributed by atoms with E-state index in [9.17, 15) is 13.2 Å². The number of hydrogen-bond donors (Lipinski definition) is 1. The van der Waals surface area contributed by atoms with E-state index in [0.717, 1.165) is 60.8 Å². The number of ether oxygens (including phenoxy) is 1. The monoisotopic (exact) mass is 467 g/mol. The lowest BCUT2D eigenvalue weighted by atomic mass is 10.1. The van der Waals surface area contributed by atoms with Crippen LogP contribution in [0, 0.1) is 0 Å². The molecule has 1 aliphatic rings. The van der Waals surface area contributed by atoms with Crippen LogP contribution >= 0.6 is 0 Å². The number of benzene rings is 2. The van der Waals surface area contributed by atoms with Gasteiger partial charge in [-0.05, 0) is 47.5 Å². The highest BCUT2D eigenvalue weighted by Crippen LogP contribution is 2.24. The Hall–Kier alpha value is -3.43. The van der Waals surface area contributed by atoms with Gasteiger partial charge in [-0.15, -0.1) is 13.2 Å². The molecule has 0 atom stereocenters. The molecule has 0 amide bonds. The first-order valence-electron chi connectivity index (χ1n) is 11.1. The van der Waals surface area contributed by atoms with Crippen molar-refractivity contribution in [3.63, 3.8) is 0 Å². The van der Waals surface area contributed by atoms with Gasteiger partial charge in [-0.1, -0.05) is 24.3 Å². The molecule has 3 heterocycles. The summed E-state index contributed by atoms with van der Waals surface area (Å²) < 4.78 is 40.9. The predicted octanol–water partition coefficient (Wildman–Crippen LogP) is 4.84. The fourth-order valence-electron chi connectivity index (χ4n) is 4.19. The van der Waals surface area contributed by atoms with Gasteiger partial charge in [0.2, 0.25) is 0 Å². The number of pyridine rings is 1.